The monoisotopic (exact) mass is 244 g/mol. The summed E-state index contributed by atoms with van der Waals surface area (Å²) in [6.45, 7) is 0. The van der Waals surface area contributed by atoms with Gasteiger partial charge in [0.15, 0.2) is 0 Å². The summed E-state index contributed by atoms with van der Waals surface area (Å²) < 4.78 is 5.39. The largest absolute Gasteiger partial charge is 0.429 e. The van der Waals surface area contributed by atoms with Crippen molar-refractivity contribution in [2.75, 3.05) is 0 Å². The average molecular weight is 245 g/mol. The standard InChI is InChI=1S/C9H4Cl2NOS/c10-6-1-2-8(7(11)5-6)13-9-12-3-4-14-9/h1-3,5H. The second-order valence-corrected chi connectivity index (χ2v) is 4.05. The minimum Gasteiger partial charge on any atom is -0.429 e. The van der Waals surface area contributed by atoms with E-state index in [0.29, 0.717) is 21.0 Å². The van der Waals surface area contributed by atoms with Crippen molar-refractivity contribution >= 4 is 34.5 Å². The van der Waals surface area contributed by atoms with Crippen LogP contribution in [0.3, 0.4) is 0 Å². The van der Waals surface area contributed by atoms with Crippen LogP contribution in [-0.4, -0.2) is 4.98 Å². The summed E-state index contributed by atoms with van der Waals surface area (Å²) in [6.07, 6.45) is 1.55. The second-order valence-electron chi connectivity index (χ2n) is 2.42. The van der Waals surface area contributed by atoms with Gasteiger partial charge in [-0.25, -0.2) is 4.98 Å². The van der Waals surface area contributed by atoms with E-state index in [9.17, 15) is 0 Å². The van der Waals surface area contributed by atoms with Crippen molar-refractivity contribution in [1.29, 1.82) is 0 Å². The van der Waals surface area contributed by atoms with E-state index in [0.717, 1.165) is 0 Å². The van der Waals surface area contributed by atoms with Gasteiger partial charge in [0.05, 0.1) is 16.6 Å². The quantitative estimate of drug-likeness (QED) is 0.796. The molecule has 0 spiro atoms. The molecule has 0 bridgehead atoms. The number of benzene rings is 1. The lowest BCUT2D eigenvalue weighted by Gasteiger charge is -2.03. The molecule has 2 rings (SSSR count). The maximum Gasteiger partial charge on any atom is 0.279 e. The van der Waals surface area contributed by atoms with Crippen LogP contribution in [0.15, 0.2) is 24.4 Å². The molecule has 0 N–H and O–H groups in total. The van der Waals surface area contributed by atoms with Crippen LogP contribution in [0.5, 0.6) is 10.9 Å². The number of hydrogen-bond acceptors (Lipinski definition) is 3. The van der Waals surface area contributed by atoms with Crippen LogP contribution in [0.4, 0.5) is 0 Å². The van der Waals surface area contributed by atoms with Crippen molar-refractivity contribution in [1.82, 2.24) is 4.98 Å². The molecule has 2 nitrogen and oxygen atoms in total. The van der Waals surface area contributed by atoms with Crippen molar-refractivity contribution in [3.63, 3.8) is 0 Å². The minimum absolute atomic E-state index is 0.465. The molecule has 0 aliphatic rings. The summed E-state index contributed by atoms with van der Waals surface area (Å²) in [5.41, 5.74) is 0. The van der Waals surface area contributed by atoms with Gasteiger partial charge in [0.2, 0.25) is 0 Å². The molecule has 5 heteroatoms. The lowest BCUT2D eigenvalue weighted by Crippen LogP contribution is -1.83. The molecule has 1 aromatic carbocycles. The fourth-order valence-electron chi connectivity index (χ4n) is 0.881. The summed E-state index contributed by atoms with van der Waals surface area (Å²) >= 11 is 12.9. The van der Waals surface area contributed by atoms with E-state index < -0.39 is 0 Å². The van der Waals surface area contributed by atoms with Crippen molar-refractivity contribution in [2.24, 2.45) is 0 Å². The summed E-state index contributed by atoms with van der Waals surface area (Å²) in [5, 5.41) is 4.37. The van der Waals surface area contributed by atoms with Crippen LogP contribution in [0.25, 0.3) is 0 Å². The van der Waals surface area contributed by atoms with E-state index in [2.05, 4.69) is 10.4 Å². The molecule has 0 unspecified atom stereocenters. The first-order valence-corrected chi connectivity index (χ1v) is 5.28. The fraction of sp³-hybridized carbons (Fsp3) is 0. The van der Waals surface area contributed by atoms with Crippen LogP contribution < -0.4 is 4.74 Å². The third-order valence-electron chi connectivity index (χ3n) is 1.46. The number of ether oxygens (including phenoxy) is 1. The van der Waals surface area contributed by atoms with E-state index in [4.69, 9.17) is 27.9 Å². The van der Waals surface area contributed by atoms with Gasteiger partial charge in [-0.3, -0.25) is 0 Å². The Morgan fingerprint density at radius 1 is 1.36 bits per heavy atom. The van der Waals surface area contributed by atoms with Crippen LogP contribution in [0.2, 0.25) is 10.0 Å². The van der Waals surface area contributed by atoms with Crippen LogP contribution in [0, 0.1) is 5.38 Å². The van der Waals surface area contributed by atoms with Crippen molar-refractivity contribution in [3.05, 3.63) is 39.8 Å². The van der Waals surface area contributed by atoms with Crippen LogP contribution in [0.1, 0.15) is 0 Å². The van der Waals surface area contributed by atoms with Crippen molar-refractivity contribution < 1.29 is 4.74 Å². The molecule has 0 amide bonds. The van der Waals surface area contributed by atoms with Crippen LogP contribution >= 0.6 is 34.5 Å². The number of thiazole rings is 1. The van der Waals surface area contributed by atoms with E-state index in [1.807, 2.05) is 0 Å². The first kappa shape index (κ1) is 9.77. The summed E-state index contributed by atoms with van der Waals surface area (Å²) in [6, 6.07) is 5.03. The van der Waals surface area contributed by atoms with Gasteiger partial charge < -0.3 is 4.74 Å². The predicted molar refractivity (Wildman–Crippen MR) is 57.5 cm³/mol. The van der Waals surface area contributed by atoms with Gasteiger partial charge in [-0.1, -0.05) is 34.5 Å². The predicted octanol–water partition coefficient (Wildman–Crippen LogP) is 4.04. The number of hydrogen-bond donors (Lipinski definition) is 0. The van der Waals surface area contributed by atoms with Gasteiger partial charge >= 0.3 is 0 Å². The zero-order valence-electron chi connectivity index (χ0n) is 6.83. The zero-order chi connectivity index (χ0) is 9.97. The number of aromatic nitrogens is 1. The third kappa shape index (κ3) is 2.18. The molecule has 0 saturated carbocycles. The summed E-state index contributed by atoms with van der Waals surface area (Å²) in [7, 11) is 0. The summed E-state index contributed by atoms with van der Waals surface area (Å²) in [5.74, 6) is 0.541. The molecule has 1 heterocycles. The molecule has 0 aliphatic carbocycles. The zero-order valence-corrected chi connectivity index (χ0v) is 9.16. The minimum atomic E-state index is 0.465. The maximum atomic E-state index is 5.90. The molecule has 0 fully saturated rings. The highest BCUT2D eigenvalue weighted by molar-refractivity contribution is 7.10. The number of rotatable bonds is 2. The van der Waals surface area contributed by atoms with Crippen LogP contribution in [-0.2, 0) is 0 Å². The lowest BCUT2D eigenvalue weighted by molar-refractivity contribution is 0.479. The van der Waals surface area contributed by atoms with Gasteiger partial charge in [0, 0.05) is 5.02 Å². The highest BCUT2D eigenvalue weighted by atomic mass is 35.5. The molecular formula is C9H4Cl2NOS. The molecule has 71 valence electrons. The molecular weight excluding hydrogens is 241 g/mol. The first-order chi connectivity index (χ1) is 6.75. The molecule has 0 aliphatic heterocycles. The first-order valence-electron chi connectivity index (χ1n) is 3.70. The lowest BCUT2D eigenvalue weighted by atomic mass is 10.3. The Balaban J connectivity index is 2.25. The van der Waals surface area contributed by atoms with E-state index in [-0.39, 0.29) is 0 Å². The fourth-order valence-corrected chi connectivity index (χ4v) is 1.77. The van der Waals surface area contributed by atoms with Gasteiger partial charge in [0.1, 0.15) is 5.75 Å². The van der Waals surface area contributed by atoms with Gasteiger partial charge in [-0.05, 0) is 18.2 Å². The Labute approximate surface area is 95.1 Å². The molecule has 0 saturated heterocycles. The highest BCUT2D eigenvalue weighted by Gasteiger charge is 2.04. The second kappa shape index (κ2) is 4.17. The van der Waals surface area contributed by atoms with E-state index >= 15 is 0 Å². The number of halogens is 2. The molecule has 0 atom stereocenters. The Bertz CT molecular complexity index is 430. The van der Waals surface area contributed by atoms with Gasteiger partial charge in [-0.2, -0.15) is 0 Å². The number of nitrogens with zero attached hydrogens (tertiary/aromatic N) is 1. The van der Waals surface area contributed by atoms with E-state index in [1.54, 1.807) is 24.4 Å². The Morgan fingerprint density at radius 2 is 2.21 bits per heavy atom. The van der Waals surface area contributed by atoms with E-state index in [1.165, 1.54) is 11.3 Å². The highest BCUT2D eigenvalue weighted by Crippen LogP contribution is 2.31. The smallest absolute Gasteiger partial charge is 0.279 e. The third-order valence-corrected chi connectivity index (χ3v) is 2.58. The molecule has 2 aromatic rings. The Kier molecular flexibility index (Phi) is 2.91. The maximum absolute atomic E-state index is 5.90. The average Bonchev–Trinajstić information content (AvgIpc) is 2.62. The molecule has 1 radical (unpaired) electrons. The topological polar surface area (TPSA) is 22.1 Å². The normalized spacial score (nSPS) is 10.1. The van der Waals surface area contributed by atoms with Crippen molar-refractivity contribution in [2.45, 2.75) is 0 Å². The SMILES string of the molecule is Clc1ccc(Oc2nc[c]s2)c(Cl)c1. The van der Waals surface area contributed by atoms with Gasteiger partial charge in [0.25, 0.3) is 5.19 Å². The molecule has 14 heavy (non-hydrogen) atoms. The Hall–Kier alpha value is -0.770. The van der Waals surface area contributed by atoms with Gasteiger partial charge in [-0.15, -0.1) is 0 Å². The summed E-state index contributed by atoms with van der Waals surface area (Å²) in [4.78, 5) is 3.92. The Morgan fingerprint density at radius 3 is 2.86 bits per heavy atom. The van der Waals surface area contributed by atoms with Crippen molar-refractivity contribution in [3.8, 4) is 10.9 Å². The molecule has 1 aromatic heterocycles.